The summed E-state index contributed by atoms with van der Waals surface area (Å²) in [6.45, 7) is 7.44. The summed E-state index contributed by atoms with van der Waals surface area (Å²) in [5.74, 6) is -0.638. The highest BCUT2D eigenvalue weighted by Gasteiger charge is 2.31. The van der Waals surface area contributed by atoms with E-state index in [0.717, 1.165) is 13.1 Å². The van der Waals surface area contributed by atoms with Gasteiger partial charge in [-0.05, 0) is 31.3 Å². The third-order valence-corrected chi connectivity index (χ3v) is 3.26. The van der Waals surface area contributed by atoms with E-state index in [1.165, 1.54) is 0 Å². The Morgan fingerprint density at radius 2 is 1.94 bits per heavy atom. The molecule has 17 heavy (non-hydrogen) atoms. The first-order chi connectivity index (χ1) is 7.91. The number of carbonyl (C=O) groups excluding carboxylic acids is 1. The van der Waals surface area contributed by atoms with Gasteiger partial charge in [0, 0.05) is 5.92 Å². The molecule has 1 heterocycles. The number of hydrogen-bond donors (Lipinski definition) is 3. The second-order valence-electron chi connectivity index (χ2n) is 5.24. The predicted molar refractivity (Wildman–Crippen MR) is 64.5 cm³/mol. The van der Waals surface area contributed by atoms with Crippen LogP contribution in [0.5, 0.6) is 0 Å². The second-order valence-corrected chi connectivity index (χ2v) is 5.24. The van der Waals surface area contributed by atoms with Gasteiger partial charge in [0.1, 0.15) is 6.04 Å². The van der Waals surface area contributed by atoms with Crippen LogP contribution in [0, 0.1) is 17.8 Å². The lowest BCUT2D eigenvalue weighted by Gasteiger charge is -2.32. The second kappa shape index (κ2) is 6.00. The van der Waals surface area contributed by atoms with Crippen LogP contribution in [0.4, 0.5) is 0 Å². The Morgan fingerprint density at radius 3 is 2.29 bits per heavy atom. The van der Waals surface area contributed by atoms with Crippen LogP contribution in [0.15, 0.2) is 0 Å². The lowest BCUT2D eigenvalue weighted by atomic mass is 9.88. The molecule has 1 aliphatic heterocycles. The van der Waals surface area contributed by atoms with Crippen LogP contribution in [0.1, 0.15) is 27.2 Å². The highest BCUT2D eigenvalue weighted by Crippen LogP contribution is 2.16. The fourth-order valence-electron chi connectivity index (χ4n) is 1.87. The zero-order valence-electron chi connectivity index (χ0n) is 10.7. The number of nitrogens with one attached hydrogen (secondary N) is 2. The maximum atomic E-state index is 11.9. The van der Waals surface area contributed by atoms with Crippen molar-refractivity contribution in [3.8, 4) is 0 Å². The van der Waals surface area contributed by atoms with Gasteiger partial charge in [-0.1, -0.05) is 20.8 Å². The minimum atomic E-state index is -0.953. The van der Waals surface area contributed by atoms with Gasteiger partial charge < -0.3 is 15.7 Å². The number of carbonyl (C=O) groups is 2. The first kappa shape index (κ1) is 14.0. The summed E-state index contributed by atoms with van der Waals surface area (Å²) >= 11 is 0. The smallest absolute Gasteiger partial charge is 0.326 e. The molecule has 1 fully saturated rings. The van der Waals surface area contributed by atoms with Gasteiger partial charge in [0.25, 0.3) is 0 Å². The Kier molecular flexibility index (Phi) is 4.93. The fraction of sp³-hybridized carbons (Fsp3) is 0.833. The SMILES string of the molecule is CC(C)CC(NC(=O)C(C)C1CNC1)C(=O)O. The van der Waals surface area contributed by atoms with Crippen LogP contribution in [-0.2, 0) is 9.59 Å². The molecule has 0 aromatic heterocycles. The van der Waals surface area contributed by atoms with Crippen molar-refractivity contribution in [3.63, 3.8) is 0 Å². The van der Waals surface area contributed by atoms with E-state index in [2.05, 4.69) is 10.6 Å². The molecular weight excluding hydrogens is 220 g/mol. The first-order valence-electron chi connectivity index (χ1n) is 6.15. The van der Waals surface area contributed by atoms with E-state index in [1.807, 2.05) is 20.8 Å². The third-order valence-electron chi connectivity index (χ3n) is 3.26. The van der Waals surface area contributed by atoms with Crippen LogP contribution in [0.2, 0.25) is 0 Å². The fourth-order valence-corrected chi connectivity index (χ4v) is 1.87. The van der Waals surface area contributed by atoms with E-state index in [1.54, 1.807) is 0 Å². The van der Waals surface area contributed by atoms with Crippen molar-refractivity contribution in [2.75, 3.05) is 13.1 Å². The number of rotatable bonds is 6. The summed E-state index contributed by atoms with van der Waals surface area (Å²) in [7, 11) is 0. The molecule has 1 saturated heterocycles. The predicted octanol–water partition coefficient (Wildman–Crippen LogP) is 0.457. The molecule has 0 aromatic carbocycles. The van der Waals surface area contributed by atoms with E-state index < -0.39 is 12.0 Å². The van der Waals surface area contributed by atoms with E-state index in [4.69, 9.17) is 5.11 Å². The minimum absolute atomic E-state index is 0.120. The molecule has 0 spiro atoms. The minimum Gasteiger partial charge on any atom is -0.480 e. The topological polar surface area (TPSA) is 78.4 Å². The lowest BCUT2D eigenvalue weighted by molar-refractivity contribution is -0.143. The Morgan fingerprint density at radius 1 is 1.35 bits per heavy atom. The maximum absolute atomic E-state index is 11.9. The molecule has 5 heteroatoms. The largest absolute Gasteiger partial charge is 0.480 e. The number of amides is 1. The number of carboxylic acids is 1. The Bertz CT molecular complexity index is 287. The molecule has 0 bridgehead atoms. The summed E-state index contributed by atoms with van der Waals surface area (Å²) in [5, 5.41) is 14.8. The Balaban J connectivity index is 2.47. The van der Waals surface area contributed by atoms with Crippen molar-refractivity contribution in [1.29, 1.82) is 0 Å². The molecule has 2 unspecified atom stereocenters. The summed E-state index contributed by atoms with van der Waals surface area (Å²) < 4.78 is 0. The van der Waals surface area contributed by atoms with Gasteiger partial charge in [-0.15, -0.1) is 0 Å². The van der Waals surface area contributed by atoms with Crippen LogP contribution in [0.3, 0.4) is 0 Å². The lowest BCUT2D eigenvalue weighted by Crippen LogP contribution is -2.52. The molecule has 2 atom stereocenters. The first-order valence-corrected chi connectivity index (χ1v) is 6.15. The van der Waals surface area contributed by atoms with E-state index in [0.29, 0.717) is 12.3 Å². The molecule has 0 aromatic rings. The molecular formula is C12H22N2O3. The summed E-state index contributed by atoms with van der Waals surface area (Å²) in [6, 6.07) is -0.766. The average Bonchev–Trinajstić information content (AvgIpc) is 2.12. The highest BCUT2D eigenvalue weighted by atomic mass is 16.4. The van der Waals surface area contributed by atoms with E-state index >= 15 is 0 Å². The molecule has 98 valence electrons. The van der Waals surface area contributed by atoms with Gasteiger partial charge in [0.2, 0.25) is 5.91 Å². The van der Waals surface area contributed by atoms with Crippen LogP contribution >= 0.6 is 0 Å². The van der Waals surface area contributed by atoms with E-state index in [-0.39, 0.29) is 17.7 Å². The number of carboxylic acid groups (broad SMARTS) is 1. The summed E-state index contributed by atoms with van der Waals surface area (Å²) in [5.41, 5.74) is 0. The van der Waals surface area contributed by atoms with Crippen LogP contribution in [-0.4, -0.2) is 36.1 Å². The Hall–Kier alpha value is -1.10. The molecule has 5 nitrogen and oxygen atoms in total. The molecule has 0 aliphatic carbocycles. The third kappa shape index (κ3) is 4.00. The number of aliphatic carboxylic acids is 1. The Labute approximate surface area is 102 Å². The van der Waals surface area contributed by atoms with Gasteiger partial charge in [0.05, 0.1) is 0 Å². The van der Waals surface area contributed by atoms with Gasteiger partial charge >= 0.3 is 5.97 Å². The normalized spacial score (nSPS) is 19.5. The van der Waals surface area contributed by atoms with Crippen molar-refractivity contribution in [2.45, 2.75) is 33.2 Å². The van der Waals surface area contributed by atoms with Gasteiger partial charge in [-0.25, -0.2) is 4.79 Å². The van der Waals surface area contributed by atoms with Crippen molar-refractivity contribution in [3.05, 3.63) is 0 Å². The molecule has 1 aliphatic rings. The summed E-state index contributed by atoms with van der Waals surface area (Å²) in [6.07, 6.45) is 0.469. The van der Waals surface area contributed by atoms with Gasteiger partial charge in [-0.2, -0.15) is 0 Å². The molecule has 0 saturated carbocycles. The molecule has 1 amide bonds. The summed E-state index contributed by atoms with van der Waals surface area (Å²) in [4.78, 5) is 22.9. The van der Waals surface area contributed by atoms with Crippen molar-refractivity contribution in [2.24, 2.45) is 17.8 Å². The van der Waals surface area contributed by atoms with Crippen molar-refractivity contribution < 1.29 is 14.7 Å². The zero-order chi connectivity index (χ0) is 13.0. The average molecular weight is 242 g/mol. The number of hydrogen-bond acceptors (Lipinski definition) is 3. The van der Waals surface area contributed by atoms with Crippen molar-refractivity contribution in [1.82, 2.24) is 10.6 Å². The zero-order valence-corrected chi connectivity index (χ0v) is 10.7. The monoisotopic (exact) mass is 242 g/mol. The van der Waals surface area contributed by atoms with Gasteiger partial charge in [0.15, 0.2) is 0 Å². The highest BCUT2D eigenvalue weighted by molar-refractivity contribution is 5.85. The quantitative estimate of drug-likeness (QED) is 0.632. The van der Waals surface area contributed by atoms with Gasteiger partial charge in [-0.3, -0.25) is 4.79 Å². The van der Waals surface area contributed by atoms with E-state index in [9.17, 15) is 9.59 Å². The standard InChI is InChI=1S/C12H22N2O3/c1-7(2)4-10(12(16)17)14-11(15)8(3)9-5-13-6-9/h7-10,13H,4-6H2,1-3H3,(H,14,15)(H,16,17). The van der Waals surface area contributed by atoms with Crippen LogP contribution in [0.25, 0.3) is 0 Å². The molecule has 0 radical (unpaired) electrons. The van der Waals surface area contributed by atoms with Crippen molar-refractivity contribution >= 4 is 11.9 Å². The molecule has 3 N–H and O–H groups in total. The van der Waals surface area contributed by atoms with Crippen LogP contribution < -0.4 is 10.6 Å². The molecule has 1 rings (SSSR count). The maximum Gasteiger partial charge on any atom is 0.326 e.